The molecule has 0 spiro atoms. The zero-order chi connectivity index (χ0) is 16.9. The van der Waals surface area contributed by atoms with Crippen molar-refractivity contribution in [3.05, 3.63) is 106 Å². The minimum Gasteiger partial charge on any atom is -0.341 e. The van der Waals surface area contributed by atoms with Crippen LogP contribution in [0.5, 0.6) is 0 Å². The molecule has 0 aliphatic heterocycles. The molecule has 0 aromatic heterocycles. The molecule has 3 aromatic rings. The van der Waals surface area contributed by atoms with Crippen LogP contribution in [0.4, 0.5) is 0 Å². The first kappa shape index (κ1) is 16.3. The molecule has 3 aromatic carbocycles. The van der Waals surface area contributed by atoms with E-state index in [1.54, 1.807) is 24.3 Å². The highest BCUT2D eigenvalue weighted by molar-refractivity contribution is 6.30. The summed E-state index contributed by atoms with van der Waals surface area (Å²) in [5.74, 6) is -0.122. The summed E-state index contributed by atoms with van der Waals surface area (Å²) in [6.07, 6.45) is 0. The van der Waals surface area contributed by atoms with Crippen molar-refractivity contribution in [2.24, 2.45) is 0 Å². The molecule has 0 aliphatic carbocycles. The zero-order valence-corrected chi connectivity index (χ0v) is 14.1. The van der Waals surface area contributed by atoms with E-state index in [9.17, 15) is 4.79 Å². The predicted molar refractivity (Wildman–Crippen MR) is 98.4 cm³/mol. The minimum absolute atomic E-state index is 0.122. The lowest BCUT2D eigenvalue weighted by atomic mass is 9.94. The highest BCUT2D eigenvalue weighted by atomic mass is 35.5. The van der Waals surface area contributed by atoms with Crippen molar-refractivity contribution >= 4 is 17.5 Å². The Labute approximate surface area is 147 Å². The van der Waals surface area contributed by atoms with E-state index in [4.69, 9.17) is 11.6 Å². The van der Waals surface area contributed by atoms with Crippen LogP contribution in [0.2, 0.25) is 5.02 Å². The fourth-order valence-corrected chi connectivity index (χ4v) is 2.84. The van der Waals surface area contributed by atoms with Gasteiger partial charge in [0.05, 0.1) is 6.04 Å². The molecule has 0 heterocycles. The quantitative estimate of drug-likeness (QED) is 0.700. The number of carbonyl (C=O) groups excluding carboxylic acids is 1. The molecular weight excluding hydrogens is 318 g/mol. The third-order valence-corrected chi connectivity index (χ3v) is 4.27. The van der Waals surface area contributed by atoms with Crippen molar-refractivity contribution < 1.29 is 4.79 Å². The summed E-state index contributed by atoms with van der Waals surface area (Å²) in [6.45, 7) is 2.06. The highest BCUT2D eigenvalue weighted by Crippen LogP contribution is 2.25. The SMILES string of the molecule is Cc1ccccc1[C@H](NC(=O)c1ccc(Cl)cc1)c1ccccc1. The van der Waals surface area contributed by atoms with Crippen LogP contribution in [-0.4, -0.2) is 5.91 Å². The number of hydrogen-bond acceptors (Lipinski definition) is 1. The molecule has 0 bridgehead atoms. The molecular formula is C21H18ClNO. The lowest BCUT2D eigenvalue weighted by Gasteiger charge is -2.21. The lowest BCUT2D eigenvalue weighted by Crippen LogP contribution is -2.29. The highest BCUT2D eigenvalue weighted by Gasteiger charge is 2.19. The monoisotopic (exact) mass is 335 g/mol. The van der Waals surface area contributed by atoms with Crippen LogP contribution < -0.4 is 5.32 Å². The van der Waals surface area contributed by atoms with Crippen LogP contribution in [0.1, 0.15) is 33.1 Å². The van der Waals surface area contributed by atoms with E-state index in [1.165, 1.54) is 0 Å². The second-order valence-electron chi connectivity index (χ2n) is 5.68. The summed E-state index contributed by atoms with van der Waals surface area (Å²) in [5, 5.41) is 3.76. The van der Waals surface area contributed by atoms with Gasteiger partial charge in [-0.25, -0.2) is 0 Å². The molecule has 0 unspecified atom stereocenters. The Morgan fingerprint density at radius 3 is 2.17 bits per heavy atom. The van der Waals surface area contributed by atoms with Gasteiger partial charge in [-0.1, -0.05) is 66.2 Å². The number of rotatable bonds is 4. The molecule has 1 N–H and O–H groups in total. The van der Waals surface area contributed by atoms with Crippen LogP contribution in [0, 0.1) is 6.92 Å². The van der Waals surface area contributed by atoms with Crippen molar-refractivity contribution in [1.29, 1.82) is 0 Å². The van der Waals surface area contributed by atoms with E-state index in [0.717, 1.165) is 16.7 Å². The third kappa shape index (κ3) is 3.66. The van der Waals surface area contributed by atoms with E-state index in [1.807, 2.05) is 42.5 Å². The fourth-order valence-electron chi connectivity index (χ4n) is 2.71. The number of nitrogens with one attached hydrogen (secondary N) is 1. The normalized spacial score (nSPS) is 11.8. The van der Waals surface area contributed by atoms with Gasteiger partial charge in [0.1, 0.15) is 0 Å². The second kappa shape index (κ2) is 7.33. The number of aryl methyl sites for hydroxylation is 1. The number of halogens is 1. The summed E-state index contributed by atoms with van der Waals surface area (Å²) >= 11 is 5.90. The van der Waals surface area contributed by atoms with Crippen LogP contribution in [0.3, 0.4) is 0 Å². The van der Waals surface area contributed by atoms with E-state index < -0.39 is 0 Å². The van der Waals surface area contributed by atoms with E-state index in [-0.39, 0.29) is 11.9 Å². The topological polar surface area (TPSA) is 29.1 Å². The molecule has 24 heavy (non-hydrogen) atoms. The summed E-state index contributed by atoms with van der Waals surface area (Å²) in [6, 6.07) is 24.8. The molecule has 0 radical (unpaired) electrons. The van der Waals surface area contributed by atoms with Gasteiger partial charge in [0, 0.05) is 10.6 Å². The average molecular weight is 336 g/mol. The van der Waals surface area contributed by atoms with Gasteiger partial charge in [0.25, 0.3) is 5.91 Å². The van der Waals surface area contributed by atoms with Gasteiger partial charge in [-0.3, -0.25) is 4.79 Å². The molecule has 0 saturated heterocycles. The van der Waals surface area contributed by atoms with Gasteiger partial charge in [-0.2, -0.15) is 0 Å². The van der Waals surface area contributed by atoms with Crippen LogP contribution in [-0.2, 0) is 0 Å². The maximum Gasteiger partial charge on any atom is 0.252 e. The van der Waals surface area contributed by atoms with Crippen molar-refractivity contribution in [1.82, 2.24) is 5.32 Å². The second-order valence-corrected chi connectivity index (χ2v) is 6.12. The number of hydrogen-bond donors (Lipinski definition) is 1. The van der Waals surface area contributed by atoms with Gasteiger partial charge in [0.15, 0.2) is 0 Å². The Kier molecular flexibility index (Phi) is 4.97. The smallest absolute Gasteiger partial charge is 0.252 e. The maximum absolute atomic E-state index is 12.7. The predicted octanol–water partition coefficient (Wildman–Crippen LogP) is 5.17. The summed E-state index contributed by atoms with van der Waals surface area (Å²) in [5.41, 5.74) is 3.87. The van der Waals surface area contributed by atoms with Gasteiger partial charge in [-0.05, 0) is 47.9 Å². The Balaban J connectivity index is 1.95. The molecule has 0 saturated carbocycles. The van der Waals surface area contributed by atoms with Crippen LogP contribution in [0.25, 0.3) is 0 Å². The molecule has 3 heteroatoms. The number of amides is 1. The number of carbonyl (C=O) groups is 1. The van der Waals surface area contributed by atoms with E-state index in [0.29, 0.717) is 10.6 Å². The molecule has 1 amide bonds. The van der Waals surface area contributed by atoms with Gasteiger partial charge < -0.3 is 5.32 Å². The minimum atomic E-state index is -0.199. The fraction of sp³-hybridized carbons (Fsp3) is 0.0952. The van der Waals surface area contributed by atoms with Gasteiger partial charge >= 0.3 is 0 Å². The van der Waals surface area contributed by atoms with Gasteiger partial charge in [0.2, 0.25) is 0 Å². The Morgan fingerprint density at radius 1 is 0.875 bits per heavy atom. The first-order chi connectivity index (χ1) is 11.6. The van der Waals surface area contributed by atoms with Crippen molar-refractivity contribution in [2.75, 3.05) is 0 Å². The molecule has 0 fully saturated rings. The molecule has 120 valence electrons. The standard InChI is InChI=1S/C21H18ClNO/c1-15-7-5-6-10-19(15)20(16-8-3-2-4-9-16)23-21(24)17-11-13-18(22)14-12-17/h2-14,20H,1H3,(H,23,24)/t20-/m1/s1. The summed E-state index contributed by atoms with van der Waals surface area (Å²) in [7, 11) is 0. The van der Waals surface area contributed by atoms with Crippen molar-refractivity contribution in [3.63, 3.8) is 0 Å². The first-order valence-electron chi connectivity index (χ1n) is 7.82. The Morgan fingerprint density at radius 2 is 1.50 bits per heavy atom. The molecule has 2 nitrogen and oxygen atoms in total. The molecule has 1 atom stereocenters. The number of benzene rings is 3. The summed E-state index contributed by atoms with van der Waals surface area (Å²) < 4.78 is 0. The Hall–Kier alpha value is -2.58. The van der Waals surface area contributed by atoms with Crippen molar-refractivity contribution in [2.45, 2.75) is 13.0 Å². The largest absolute Gasteiger partial charge is 0.341 e. The third-order valence-electron chi connectivity index (χ3n) is 4.01. The molecule has 3 rings (SSSR count). The lowest BCUT2D eigenvalue weighted by molar-refractivity contribution is 0.0943. The zero-order valence-electron chi connectivity index (χ0n) is 13.4. The first-order valence-corrected chi connectivity index (χ1v) is 8.20. The van der Waals surface area contributed by atoms with Gasteiger partial charge in [-0.15, -0.1) is 0 Å². The average Bonchev–Trinajstić information content (AvgIpc) is 2.61. The Bertz CT molecular complexity index is 828. The van der Waals surface area contributed by atoms with Crippen LogP contribution in [0.15, 0.2) is 78.9 Å². The van der Waals surface area contributed by atoms with Crippen LogP contribution >= 0.6 is 11.6 Å². The molecule has 0 aliphatic rings. The van der Waals surface area contributed by atoms with E-state index >= 15 is 0 Å². The summed E-state index contributed by atoms with van der Waals surface area (Å²) in [4.78, 5) is 12.7. The van der Waals surface area contributed by atoms with E-state index in [2.05, 4.69) is 24.4 Å². The maximum atomic E-state index is 12.7. The van der Waals surface area contributed by atoms with Crippen molar-refractivity contribution in [3.8, 4) is 0 Å².